The lowest BCUT2D eigenvalue weighted by Gasteiger charge is -2.25. The van der Waals surface area contributed by atoms with Gasteiger partial charge in [-0.15, -0.1) is 12.4 Å². The number of carbonyl (C=O) groups is 1. The fraction of sp³-hybridized carbons (Fsp3) is 0.364. The molecule has 0 aliphatic carbocycles. The smallest absolute Gasteiger partial charge is 0.261 e. The first kappa shape index (κ1) is 24.9. The Labute approximate surface area is 207 Å². The van der Waals surface area contributed by atoms with Crippen LogP contribution in [0.15, 0.2) is 30.3 Å². The number of halogens is 3. The number of aromatic nitrogens is 1. The van der Waals surface area contributed by atoms with Crippen LogP contribution in [-0.2, 0) is 0 Å². The summed E-state index contributed by atoms with van der Waals surface area (Å²) in [7, 11) is 0. The molecule has 0 saturated heterocycles. The minimum Gasteiger partial charge on any atom is -0.486 e. The lowest BCUT2D eigenvalue weighted by Crippen LogP contribution is -2.39. The van der Waals surface area contributed by atoms with Crippen LogP contribution in [0.1, 0.15) is 24.2 Å². The molecule has 1 amide bonds. The summed E-state index contributed by atoms with van der Waals surface area (Å²) in [4.78, 5) is 22.2. The van der Waals surface area contributed by atoms with Crippen molar-refractivity contribution >= 4 is 68.2 Å². The van der Waals surface area contributed by atoms with Crippen molar-refractivity contribution in [3.8, 4) is 11.5 Å². The SMILES string of the molecule is CCN(CC)CCN(C(=O)c1cc(Cl)ccc1Cl)c1nc2cc3c(cc2s1)OCCO3.Cl. The van der Waals surface area contributed by atoms with Crippen LogP contribution in [0.2, 0.25) is 10.0 Å². The van der Waals surface area contributed by atoms with Gasteiger partial charge in [0.2, 0.25) is 0 Å². The van der Waals surface area contributed by atoms with E-state index in [1.807, 2.05) is 12.1 Å². The van der Waals surface area contributed by atoms with E-state index in [2.05, 4.69) is 18.7 Å². The number of hydrogen-bond donors (Lipinski definition) is 0. The maximum Gasteiger partial charge on any atom is 0.261 e. The molecule has 2 heterocycles. The first-order valence-electron chi connectivity index (χ1n) is 10.2. The van der Waals surface area contributed by atoms with Crippen LogP contribution in [0.25, 0.3) is 10.2 Å². The number of likely N-dealkylation sites (N-methyl/N-ethyl adjacent to an activating group) is 1. The van der Waals surface area contributed by atoms with Gasteiger partial charge in [-0.05, 0) is 31.3 Å². The first-order valence-corrected chi connectivity index (χ1v) is 11.8. The zero-order chi connectivity index (χ0) is 22.0. The number of rotatable bonds is 7. The summed E-state index contributed by atoms with van der Waals surface area (Å²) < 4.78 is 12.3. The quantitative estimate of drug-likeness (QED) is 0.398. The molecule has 0 spiro atoms. The van der Waals surface area contributed by atoms with Gasteiger partial charge in [0.25, 0.3) is 5.91 Å². The Balaban J connectivity index is 0.00000289. The molecule has 1 aromatic heterocycles. The summed E-state index contributed by atoms with van der Waals surface area (Å²) in [5.41, 5.74) is 1.13. The Kier molecular flexibility index (Phi) is 8.47. The molecule has 6 nitrogen and oxygen atoms in total. The van der Waals surface area contributed by atoms with E-state index in [0.29, 0.717) is 52.0 Å². The van der Waals surface area contributed by atoms with Gasteiger partial charge in [-0.1, -0.05) is 48.4 Å². The van der Waals surface area contributed by atoms with Crippen LogP contribution >= 0.6 is 46.9 Å². The van der Waals surface area contributed by atoms with E-state index in [4.69, 9.17) is 37.7 Å². The molecular weight excluding hydrogens is 493 g/mol. The van der Waals surface area contributed by atoms with Crippen LogP contribution in [0, 0.1) is 0 Å². The summed E-state index contributed by atoms with van der Waals surface area (Å²) in [5, 5.41) is 1.42. The summed E-state index contributed by atoms with van der Waals surface area (Å²) in [6, 6.07) is 8.70. The number of anilines is 1. The van der Waals surface area contributed by atoms with Gasteiger partial charge in [0, 0.05) is 30.2 Å². The lowest BCUT2D eigenvalue weighted by molar-refractivity contribution is 0.0984. The van der Waals surface area contributed by atoms with Gasteiger partial charge in [-0.3, -0.25) is 9.69 Å². The third-order valence-electron chi connectivity index (χ3n) is 5.21. The van der Waals surface area contributed by atoms with E-state index >= 15 is 0 Å². The zero-order valence-corrected chi connectivity index (χ0v) is 20.9. The zero-order valence-electron chi connectivity index (χ0n) is 17.8. The molecule has 0 saturated carbocycles. The van der Waals surface area contributed by atoms with Crippen molar-refractivity contribution in [2.24, 2.45) is 0 Å². The monoisotopic (exact) mass is 515 g/mol. The molecule has 4 rings (SSSR count). The third-order valence-corrected chi connectivity index (χ3v) is 6.82. The number of fused-ring (bicyclic) bond motifs is 2. The van der Waals surface area contributed by atoms with E-state index in [1.54, 1.807) is 23.1 Å². The molecule has 32 heavy (non-hydrogen) atoms. The molecule has 0 unspecified atom stereocenters. The molecule has 3 aromatic rings. The van der Waals surface area contributed by atoms with Gasteiger partial charge in [0.1, 0.15) is 13.2 Å². The Morgan fingerprint density at radius 3 is 2.44 bits per heavy atom. The molecular formula is C22H24Cl3N3O3S. The van der Waals surface area contributed by atoms with Gasteiger partial charge in [-0.2, -0.15) is 0 Å². The van der Waals surface area contributed by atoms with Gasteiger partial charge in [0.15, 0.2) is 16.6 Å². The van der Waals surface area contributed by atoms with Crippen molar-refractivity contribution in [1.82, 2.24) is 9.88 Å². The molecule has 0 bridgehead atoms. The van der Waals surface area contributed by atoms with Crippen LogP contribution in [-0.4, -0.2) is 55.2 Å². The normalized spacial score (nSPS) is 12.7. The van der Waals surface area contributed by atoms with Crippen LogP contribution in [0.4, 0.5) is 5.13 Å². The van der Waals surface area contributed by atoms with Gasteiger partial charge < -0.3 is 14.4 Å². The second kappa shape index (κ2) is 10.9. The van der Waals surface area contributed by atoms with Gasteiger partial charge in [0.05, 0.1) is 20.8 Å². The van der Waals surface area contributed by atoms with Crippen molar-refractivity contribution < 1.29 is 14.3 Å². The fourth-order valence-electron chi connectivity index (χ4n) is 3.44. The van der Waals surface area contributed by atoms with Crippen molar-refractivity contribution in [1.29, 1.82) is 0 Å². The predicted molar refractivity (Wildman–Crippen MR) is 134 cm³/mol. The minimum absolute atomic E-state index is 0. The van der Waals surface area contributed by atoms with E-state index in [0.717, 1.165) is 29.9 Å². The highest BCUT2D eigenvalue weighted by atomic mass is 35.5. The third kappa shape index (κ3) is 5.24. The Hall–Kier alpha value is -1.77. The molecule has 0 radical (unpaired) electrons. The molecule has 1 aliphatic heterocycles. The highest BCUT2D eigenvalue weighted by Crippen LogP contribution is 2.39. The lowest BCUT2D eigenvalue weighted by atomic mass is 10.2. The topological polar surface area (TPSA) is 54.9 Å². The summed E-state index contributed by atoms with van der Waals surface area (Å²) in [6.45, 7) is 8.24. The maximum absolute atomic E-state index is 13.5. The van der Waals surface area contributed by atoms with E-state index < -0.39 is 0 Å². The van der Waals surface area contributed by atoms with Crippen molar-refractivity contribution in [3.05, 3.63) is 45.9 Å². The largest absolute Gasteiger partial charge is 0.486 e. The molecule has 2 aromatic carbocycles. The maximum atomic E-state index is 13.5. The van der Waals surface area contributed by atoms with Crippen LogP contribution in [0.3, 0.4) is 0 Å². The Morgan fingerprint density at radius 2 is 1.75 bits per heavy atom. The van der Waals surface area contributed by atoms with Crippen LogP contribution in [0.5, 0.6) is 11.5 Å². The average molecular weight is 517 g/mol. The summed E-state index contributed by atoms with van der Waals surface area (Å²) in [5.74, 6) is 1.15. The van der Waals surface area contributed by atoms with Gasteiger partial charge in [-0.25, -0.2) is 4.98 Å². The fourth-order valence-corrected chi connectivity index (χ4v) is 4.81. The predicted octanol–water partition coefficient (Wildman–Crippen LogP) is 5.78. The second-order valence-corrected chi connectivity index (χ2v) is 8.92. The van der Waals surface area contributed by atoms with E-state index in [1.165, 1.54) is 11.3 Å². The molecule has 172 valence electrons. The minimum atomic E-state index is -0.226. The average Bonchev–Trinajstić information content (AvgIpc) is 3.18. The highest BCUT2D eigenvalue weighted by Gasteiger charge is 2.25. The number of thiazole rings is 1. The highest BCUT2D eigenvalue weighted by molar-refractivity contribution is 7.22. The molecule has 1 aliphatic rings. The molecule has 0 fully saturated rings. The number of amides is 1. The molecule has 0 N–H and O–H groups in total. The van der Waals surface area contributed by atoms with E-state index in [-0.39, 0.29) is 18.3 Å². The van der Waals surface area contributed by atoms with E-state index in [9.17, 15) is 4.79 Å². The van der Waals surface area contributed by atoms with Crippen LogP contribution < -0.4 is 14.4 Å². The first-order chi connectivity index (χ1) is 15.0. The summed E-state index contributed by atoms with van der Waals surface area (Å²) >= 11 is 13.9. The standard InChI is InChI=1S/C22H23Cl2N3O3S.ClH/c1-3-26(4-2)7-8-27(21(28)15-11-14(23)5-6-16(15)24)22-25-17-12-18-19(13-20(17)31-22)30-10-9-29-18;/h5-6,11-13H,3-4,7-10H2,1-2H3;1H. The number of benzene rings is 2. The van der Waals surface area contributed by atoms with Crippen molar-refractivity contribution in [2.75, 3.05) is 44.3 Å². The van der Waals surface area contributed by atoms with Crippen molar-refractivity contribution in [2.45, 2.75) is 13.8 Å². The molecule has 0 atom stereocenters. The number of ether oxygens (including phenoxy) is 2. The Morgan fingerprint density at radius 1 is 1.06 bits per heavy atom. The van der Waals surface area contributed by atoms with Gasteiger partial charge >= 0.3 is 0 Å². The number of carbonyl (C=O) groups excluding carboxylic acids is 1. The number of hydrogen-bond acceptors (Lipinski definition) is 6. The molecule has 10 heteroatoms. The van der Waals surface area contributed by atoms with Crippen molar-refractivity contribution in [3.63, 3.8) is 0 Å². The second-order valence-electron chi connectivity index (χ2n) is 7.07. The summed E-state index contributed by atoms with van der Waals surface area (Å²) in [6.07, 6.45) is 0. The number of nitrogens with zero attached hydrogens (tertiary/aromatic N) is 3. The Bertz CT molecular complexity index is 1060.